The normalized spacial score (nSPS) is 13.0. The van der Waals surface area contributed by atoms with E-state index in [-0.39, 0.29) is 0 Å². The molecule has 78 valence electrons. The first-order valence-corrected chi connectivity index (χ1v) is 5.48. The molecule has 1 aromatic rings. The lowest BCUT2D eigenvalue weighted by molar-refractivity contribution is 0.560. The number of hydrogen-bond donors (Lipinski definition) is 1. The lowest BCUT2D eigenvalue weighted by atomic mass is 10.1. The second-order valence-corrected chi connectivity index (χ2v) is 4.64. The third-order valence-corrected chi connectivity index (χ3v) is 2.86. The zero-order chi connectivity index (χ0) is 10.7. The van der Waals surface area contributed by atoms with E-state index in [9.17, 15) is 0 Å². The van der Waals surface area contributed by atoms with Crippen molar-refractivity contribution >= 4 is 28.9 Å². The molecule has 0 amide bonds. The van der Waals surface area contributed by atoms with Crippen molar-refractivity contribution in [2.24, 2.45) is 5.92 Å². The van der Waals surface area contributed by atoms with Crippen molar-refractivity contribution in [3.8, 4) is 0 Å². The van der Waals surface area contributed by atoms with E-state index in [4.69, 9.17) is 23.2 Å². The molecule has 0 aliphatic rings. The van der Waals surface area contributed by atoms with Gasteiger partial charge in [0.05, 0.1) is 10.7 Å². The lowest BCUT2D eigenvalue weighted by Gasteiger charge is -2.19. The average Bonchev–Trinajstić information content (AvgIpc) is 2.09. The molecule has 1 nitrogen and oxygen atoms in total. The number of nitrogens with one attached hydrogen (secondary N) is 1. The molecule has 0 saturated carbocycles. The van der Waals surface area contributed by atoms with E-state index in [1.807, 2.05) is 12.1 Å². The molecule has 0 radical (unpaired) electrons. The Hall–Kier alpha value is -0.400. The first-order valence-electron chi connectivity index (χ1n) is 4.72. The predicted octanol–water partition coefficient (Wildman–Crippen LogP) is 4.45. The van der Waals surface area contributed by atoms with Crippen molar-refractivity contribution in [1.82, 2.24) is 0 Å². The van der Waals surface area contributed by atoms with Gasteiger partial charge in [0.15, 0.2) is 0 Å². The van der Waals surface area contributed by atoms with Gasteiger partial charge in [0.1, 0.15) is 0 Å². The summed E-state index contributed by atoms with van der Waals surface area (Å²) in [7, 11) is 0. The van der Waals surface area contributed by atoms with Gasteiger partial charge in [-0.25, -0.2) is 0 Å². The zero-order valence-corrected chi connectivity index (χ0v) is 10.2. The fourth-order valence-corrected chi connectivity index (χ4v) is 1.48. The Morgan fingerprint density at radius 3 is 2.29 bits per heavy atom. The maximum atomic E-state index is 6.03. The van der Waals surface area contributed by atoms with Crippen LogP contribution in [0.3, 0.4) is 0 Å². The second-order valence-electron chi connectivity index (χ2n) is 3.80. The van der Waals surface area contributed by atoms with Gasteiger partial charge in [-0.1, -0.05) is 37.0 Å². The van der Waals surface area contributed by atoms with Crippen molar-refractivity contribution in [1.29, 1.82) is 0 Å². The van der Waals surface area contributed by atoms with Crippen molar-refractivity contribution in [3.63, 3.8) is 0 Å². The molecule has 0 bridgehead atoms. The molecule has 0 aliphatic heterocycles. The van der Waals surface area contributed by atoms with Gasteiger partial charge in [-0.15, -0.1) is 0 Å². The van der Waals surface area contributed by atoms with Crippen LogP contribution < -0.4 is 5.32 Å². The minimum Gasteiger partial charge on any atom is -0.381 e. The molecule has 1 N–H and O–H groups in total. The van der Waals surface area contributed by atoms with E-state index in [1.165, 1.54) is 0 Å². The van der Waals surface area contributed by atoms with Crippen molar-refractivity contribution in [2.75, 3.05) is 5.32 Å². The fourth-order valence-electron chi connectivity index (χ4n) is 1.02. The van der Waals surface area contributed by atoms with Crippen LogP contribution in [0.1, 0.15) is 20.8 Å². The van der Waals surface area contributed by atoms with Crippen molar-refractivity contribution in [3.05, 3.63) is 28.2 Å². The van der Waals surface area contributed by atoms with E-state index in [0.717, 1.165) is 5.69 Å². The maximum Gasteiger partial charge on any atom is 0.0652 e. The molecule has 1 atom stereocenters. The highest BCUT2D eigenvalue weighted by Crippen LogP contribution is 2.26. The van der Waals surface area contributed by atoms with Crippen LogP contribution >= 0.6 is 23.2 Å². The smallest absolute Gasteiger partial charge is 0.0652 e. The van der Waals surface area contributed by atoms with Gasteiger partial charge < -0.3 is 5.32 Å². The van der Waals surface area contributed by atoms with Gasteiger partial charge in [0.2, 0.25) is 0 Å². The molecule has 14 heavy (non-hydrogen) atoms. The Labute approximate surface area is 95.4 Å². The molecule has 3 heteroatoms. The average molecular weight is 232 g/mol. The van der Waals surface area contributed by atoms with Crippen molar-refractivity contribution in [2.45, 2.75) is 26.8 Å². The minimum atomic E-state index is 0.397. The summed E-state index contributed by atoms with van der Waals surface area (Å²) in [5.74, 6) is 0.571. The first-order chi connectivity index (χ1) is 6.50. The summed E-state index contributed by atoms with van der Waals surface area (Å²) in [6.07, 6.45) is 0. The molecule has 0 saturated heterocycles. The molecule has 1 aromatic carbocycles. The monoisotopic (exact) mass is 231 g/mol. The van der Waals surface area contributed by atoms with Crippen LogP contribution in [0.15, 0.2) is 18.2 Å². The summed E-state index contributed by atoms with van der Waals surface area (Å²) in [6, 6.07) is 5.89. The highest BCUT2D eigenvalue weighted by atomic mass is 35.5. The first kappa shape index (κ1) is 11.7. The van der Waals surface area contributed by atoms with Crippen LogP contribution in [-0.4, -0.2) is 6.04 Å². The largest absolute Gasteiger partial charge is 0.381 e. The number of halogens is 2. The summed E-state index contributed by atoms with van der Waals surface area (Å²) in [5, 5.41) is 4.68. The van der Waals surface area contributed by atoms with Crippen LogP contribution in [0, 0.1) is 5.92 Å². The minimum absolute atomic E-state index is 0.397. The summed E-state index contributed by atoms with van der Waals surface area (Å²) >= 11 is 11.8. The van der Waals surface area contributed by atoms with Gasteiger partial charge in [-0.2, -0.15) is 0 Å². The Morgan fingerprint density at radius 2 is 1.79 bits per heavy atom. The SMILES string of the molecule is CC(C)C(C)Nc1ccc(Cl)cc1Cl. The molecule has 0 spiro atoms. The van der Waals surface area contributed by atoms with Gasteiger partial charge in [-0.05, 0) is 31.0 Å². The van der Waals surface area contributed by atoms with E-state index in [0.29, 0.717) is 22.0 Å². The third-order valence-electron chi connectivity index (χ3n) is 2.31. The van der Waals surface area contributed by atoms with Gasteiger partial charge in [0.25, 0.3) is 0 Å². The third kappa shape index (κ3) is 3.07. The van der Waals surface area contributed by atoms with Crippen LogP contribution in [0.5, 0.6) is 0 Å². The number of hydrogen-bond acceptors (Lipinski definition) is 1. The van der Waals surface area contributed by atoms with Gasteiger partial charge in [0, 0.05) is 11.1 Å². The molecule has 1 rings (SSSR count). The summed E-state index contributed by atoms with van der Waals surface area (Å²) in [5.41, 5.74) is 0.942. The Morgan fingerprint density at radius 1 is 1.14 bits per heavy atom. The van der Waals surface area contributed by atoms with E-state index in [2.05, 4.69) is 26.1 Å². The standard InChI is InChI=1S/C11H15Cl2N/c1-7(2)8(3)14-11-5-4-9(12)6-10(11)13/h4-8,14H,1-3H3. The molecule has 0 aromatic heterocycles. The second kappa shape index (κ2) is 4.90. The van der Waals surface area contributed by atoms with Crippen LogP contribution in [0.25, 0.3) is 0 Å². The predicted molar refractivity (Wildman–Crippen MR) is 64.4 cm³/mol. The Bertz CT molecular complexity index is 310. The molecule has 0 fully saturated rings. The van der Waals surface area contributed by atoms with E-state index < -0.39 is 0 Å². The number of rotatable bonds is 3. The van der Waals surface area contributed by atoms with E-state index >= 15 is 0 Å². The molecular formula is C11H15Cl2N. The summed E-state index contributed by atoms with van der Waals surface area (Å²) in [6.45, 7) is 6.47. The van der Waals surface area contributed by atoms with Crippen LogP contribution in [-0.2, 0) is 0 Å². The topological polar surface area (TPSA) is 12.0 Å². The number of anilines is 1. The highest BCUT2D eigenvalue weighted by molar-refractivity contribution is 6.36. The van der Waals surface area contributed by atoms with Gasteiger partial charge in [-0.3, -0.25) is 0 Å². The zero-order valence-electron chi connectivity index (χ0n) is 8.64. The van der Waals surface area contributed by atoms with Gasteiger partial charge >= 0.3 is 0 Å². The molecular weight excluding hydrogens is 217 g/mol. The quantitative estimate of drug-likeness (QED) is 0.811. The number of benzene rings is 1. The Balaban J connectivity index is 2.77. The molecule has 0 aliphatic carbocycles. The van der Waals surface area contributed by atoms with Crippen molar-refractivity contribution < 1.29 is 0 Å². The van der Waals surface area contributed by atoms with Crippen LogP contribution in [0.4, 0.5) is 5.69 Å². The molecule has 0 heterocycles. The Kier molecular flexibility index (Phi) is 4.09. The maximum absolute atomic E-state index is 6.03. The summed E-state index contributed by atoms with van der Waals surface area (Å²) in [4.78, 5) is 0. The molecule has 1 unspecified atom stereocenters. The van der Waals surface area contributed by atoms with E-state index in [1.54, 1.807) is 6.07 Å². The highest BCUT2D eigenvalue weighted by Gasteiger charge is 2.08. The fraction of sp³-hybridized carbons (Fsp3) is 0.455. The lowest BCUT2D eigenvalue weighted by Crippen LogP contribution is -2.21. The van der Waals surface area contributed by atoms with Crippen LogP contribution in [0.2, 0.25) is 10.0 Å². The summed E-state index contributed by atoms with van der Waals surface area (Å²) < 4.78 is 0.